The summed E-state index contributed by atoms with van der Waals surface area (Å²) in [5.74, 6) is 0.383. The van der Waals surface area contributed by atoms with E-state index in [-0.39, 0.29) is 6.04 Å². The maximum Gasteiger partial charge on any atom is 0.120 e. The van der Waals surface area contributed by atoms with Crippen molar-refractivity contribution in [2.75, 3.05) is 26.2 Å². The Morgan fingerprint density at radius 1 is 1.29 bits per heavy atom. The molecule has 1 fully saturated rings. The summed E-state index contributed by atoms with van der Waals surface area (Å²) in [5, 5.41) is 13.2. The highest BCUT2D eigenvalue weighted by Crippen LogP contribution is 2.22. The number of benzene rings is 1. The monoisotopic (exact) mass is 234 g/mol. The number of aromatic hydroxyl groups is 1. The second-order valence-corrected chi connectivity index (χ2v) is 4.78. The fraction of sp³-hybridized carbons (Fsp3) is 0.571. The SMILES string of the molecule is CC(NCCN1CCCC1)c1ccccc1O. The van der Waals surface area contributed by atoms with E-state index in [1.807, 2.05) is 18.2 Å². The van der Waals surface area contributed by atoms with Crippen LogP contribution in [-0.2, 0) is 0 Å². The van der Waals surface area contributed by atoms with Crippen LogP contribution in [0.25, 0.3) is 0 Å². The van der Waals surface area contributed by atoms with Crippen molar-refractivity contribution in [2.24, 2.45) is 0 Å². The van der Waals surface area contributed by atoms with E-state index in [9.17, 15) is 5.11 Å². The second-order valence-electron chi connectivity index (χ2n) is 4.78. The molecule has 1 atom stereocenters. The molecule has 0 aliphatic carbocycles. The quantitative estimate of drug-likeness (QED) is 0.819. The van der Waals surface area contributed by atoms with Gasteiger partial charge in [-0.2, -0.15) is 0 Å². The van der Waals surface area contributed by atoms with Crippen LogP contribution in [0.3, 0.4) is 0 Å². The smallest absolute Gasteiger partial charge is 0.120 e. The van der Waals surface area contributed by atoms with Gasteiger partial charge in [0.1, 0.15) is 5.75 Å². The van der Waals surface area contributed by atoms with Crippen molar-refractivity contribution in [1.82, 2.24) is 10.2 Å². The van der Waals surface area contributed by atoms with E-state index in [0.29, 0.717) is 5.75 Å². The topological polar surface area (TPSA) is 35.5 Å². The number of hydrogen-bond acceptors (Lipinski definition) is 3. The molecule has 1 aliphatic rings. The molecule has 1 unspecified atom stereocenters. The molecular weight excluding hydrogens is 212 g/mol. The molecule has 1 aliphatic heterocycles. The van der Waals surface area contributed by atoms with Crippen molar-refractivity contribution in [3.63, 3.8) is 0 Å². The summed E-state index contributed by atoms with van der Waals surface area (Å²) < 4.78 is 0. The van der Waals surface area contributed by atoms with E-state index in [0.717, 1.165) is 18.7 Å². The first kappa shape index (κ1) is 12.4. The highest BCUT2D eigenvalue weighted by Gasteiger charge is 2.12. The predicted molar refractivity (Wildman–Crippen MR) is 70.2 cm³/mol. The van der Waals surface area contributed by atoms with Gasteiger partial charge < -0.3 is 15.3 Å². The minimum absolute atomic E-state index is 0.207. The molecular formula is C14H22N2O. The van der Waals surface area contributed by atoms with Gasteiger partial charge in [0.05, 0.1) is 0 Å². The molecule has 2 rings (SSSR count). The summed E-state index contributed by atoms with van der Waals surface area (Å²) in [6.07, 6.45) is 2.68. The van der Waals surface area contributed by atoms with Crippen molar-refractivity contribution in [1.29, 1.82) is 0 Å². The van der Waals surface area contributed by atoms with Crippen LogP contribution < -0.4 is 5.32 Å². The van der Waals surface area contributed by atoms with Crippen molar-refractivity contribution in [3.05, 3.63) is 29.8 Å². The van der Waals surface area contributed by atoms with Crippen LogP contribution in [0.5, 0.6) is 5.75 Å². The summed E-state index contributed by atoms with van der Waals surface area (Å²) >= 11 is 0. The van der Waals surface area contributed by atoms with E-state index >= 15 is 0 Å². The molecule has 3 heteroatoms. The molecule has 1 heterocycles. The lowest BCUT2D eigenvalue weighted by atomic mass is 10.1. The van der Waals surface area contributed by atoms with E-state index in [1.54, 1.807) is 6.07 Å². The van der Waals surface area contributed by atoms with Gasteiger partial charge >= 0.3 is 0 Å². The molecule has 94 valence electrons. The normalized spacial score (nSPS) is 18.4. The molecule has 0 amide bonds. The first-order valence-corrected chi connectivity index (χ1v) is 6.51. The molecule has 1 aromatic rings. The third-order valence-corrected chi connectivity index (χ3v) is 3.48. The van der Waals surface area contributed by atoms with E-state index < -0.39 is 0 Å². The largest absolute Gasteiger partial charge is 0.508 e. The summed E-state index contributed by atoms with van der Waals surface area (Å²) in [5.41, 5.74) is 0.980. The Balaban J connectivity index is 1.77. The Kier molecular flexibility index (Phi) is 4.40. The lowest BCUT2D eigenvalue weighted by Gasteiger charge is -2.19. The fourth-order valence-electron chi connectivity index (χ4n) is 2.41. The number of nitrogens with one attached hydrogen (secondary N) is 1. The van der Waals surface area contributed by atoms with Gasteiger partial charge in [0.25, 0.3) is 0 Å². The molecule has 0 bridgehead atoms. The average molecular weight is 234 g/mol. The van der Waals surface area contributed by atoms with Gasteiger partial charge in [0.15, 0.2) is 0 Å². The number of hydrogen-bond donors (Lipinski definition) is 2. The third kappa shape index (κ3) is 3.45. The molecule has 1 aromatic carbocycles. The summed E-state index contributed by atoms with van der Waals surface area (Å²) in [4.78, 5) is 2.49. The highest BCUT2D eigenvalue weighted by molar-refractivity contribution is 5.34. The molecule has 3 nitrogen and oxygen atoms in total. The van der Waals surface area contributed by atoms with Gasteiger partial charge in [-0.05, 0) is 38.9 Å². The first-order chi connectivity index (χ1) is 8.27. The maximum atomic E-state index is 9.74. The number of rotatable bonds is 5. The van der Waals surface area contributed by atoms with Gasteiger partial charge in [-0.1, -0.05) is 18.2 Å². The van der Waals surface area contributed by atoms with E-state index in [2.05, 4.69) is 17.1 Å². The Morgan fingerprint density at radius 2 is 2.00 bits per heavy atom. The summed E-state index contributed by atoms with van der Waals surface area (Å²) in [6.45, 7) is 6.67. The molecule has 0 saturated carbocycles. The van der Waals surface area contributed by atoms with Crippen LogP contribution >= 0.6 is 0 Å². The fourth-order valence-corrected chi connectivity index (χ4v) is 2.41. The van der Waals surface area contributed by atoms with Crippen molar-refractivity contribution < 1.29 is 5.11 Å². The summed E-state index contributed by atoms with van der Waals surface area (Å²) in [7, 11) is 0. The molecule has 0 spiro atoms. The van der Waals surface area contributed by atoms with Crippen LogP contribution in [0.2, 0.25) is 0 Å². The minimum Gasteiger partial charge on any atom is -0.508 e. The lowest BCUT2D eigenvalue weighted by molar-refractivity contribution is 0.328. The van der Waals surface area contributed by atoms with Crippen molar-refractivity contribution in [3.8, 4) is 5.75 Å². The average Bonchev–Trinajstić information content (AvgIpc) is 2.82. The number of para-hydroxylation sites is 1. The number of likely N-dealkylation sites (tertiary alicyclic amines) is 1. The maximum absolute atomic E-state index is 9.74. The van der Waals surface area contributed by atoms with E-state index in [4.69, 9.17) is 0 Å². The standard InChI is InChI=1S/C14H22N2O/c1-12(13-6-2-3-7-14(13)17)15-8-11-16-9-4-5-10-16/h2-3,6-7,12,15,17H,4-5,8-11H2,1H3. The van der Waals surface area contributed by atoms with E-state index in [1.165, 1.54) is 25.9 Å². The van der Waals surface area contributed by atoms with Gasteiger partial charge in [0.2, 0.25) is 0 Å². The van der Waals surface area contributed by atoms with Crippen LogP contribution in [0.1, 0.15) is 31.4 Å². The molecule has 2 N–H and O–H groups in total. The molecule has 1 saturated heterocycles. The van der Waals surface area contributed by atoms with Gasteiger partial charge in [0, 0.05) is 24.7 Å². The van der Waals surface area contributed by atoms with Crippen LogP contribution in [0.4, 0.5) is 0 Å². The molecule has 17 heavy (non-hydrogen) atoms. The zero-order valence-corrected chi connectivity index (χ0v) is 10.5. The highest BCUT2D eigenvalue weighted by atomic mass is 16.3. The minimum atomic E-state index is 0.207. The van der Waals surface area contributed by atoms with Crippen LogP contribution in [-0.4, -0.2) is 36.2 Å². The zero-order chi connectivity index (χ0) is 12.1. The number of nitrogens with zero attached hydrogens (tertiary/aromatic N) is 1. The Labute approximate surface area is 103 Å². The zero-order valence-electron chi connectivity index (χ0n) is 10.5. The van der Waals surface area contributed by atoms with Crippen LogP contribution in [0, 0.1) is 0 Å². The van der Waals surface area contributed by atoms with Gasteiger partial charge in [-0.3, -0.25) is 0 Å². The number of phenols is 1. The molecule has 0 radical (unpaired) electrons. The van der Waals surface area contributed by atoms with Gasteiger partial charge in [-0.15, -0.1) is 0 Å². The lowest BCUT2D eigenvalue weighted by Crippen LogP contribution is -2.31. The first-order valence-electron chi connectivity index (χ1n) is 6.51. The van der Waals surface area contributed by atoms with Crippen molar-refractivity contribution in [2.45, 2.75) is 25.8 Å². The predicted octanol–water partition coefficient (Wildman–Crippen LogP) is 2.14. The number of phenolic OH excluding ortho intramolecular Hbond substituents is 1. The Bertz CT molecular complexity index is 348. The van der Waals surface area contributed by atoms with Gasteiger partial charge in [-0.25, -0.2) is 0 Å². The summed E-state index contributed by atoms with van der Waals surface area (Å²) in [6, 6.07) is 7.75. The van der Waals surface area contributed by atoms with Crippen molar-refractivity contribution >= 4 is 0 Å². The second kappa shape index (κ2) is 6.03. The third-order valence-electron chi connectivity index (χ3n) is 3.48. The molecule has 0 aromatic heterocycles. The van der Waals surface area contributed by atoms with Crippen LogP contribution in [0.15, 0.2) is 24.3 Å². The Hall–Kier alpha value is -1.06. The Morgan fingerprint density at radius 3 is 2.71 bits per heavy atom.